The summed E-state index contributed by atoms with van der Waals surface area (Å²) >= 11 is 0. The SMILES string of the molecule is CC1CCC(N(C)C(C)(CN)CCc2ccccc2)CC1. The summed E-state index contributed by atoms with van der Waals surface area (Å²) in [5.41, 5.74) is 7.70. The second kappa shape index (κ2) is 7.42. The molecule has 1 unspecified atom stereocenters. The maximum Gasteiger partial charge on any atom is 0.0306 e. The van der Waals surface area contributed by atoms with E-state index in [2.05, 4.69) is 56.1 Å². The number of nitrogens with zero attached hydrogens (tertiary/aromatic N) is 1. The van der Waals surface area contributed by atoms with Crippen LogP contribution in [0.5, 0.6) is 0 Å². The summed E-state index contributed by atoms with van der Waals surface area (Å²) in [5.74, 6) is 0.906. The van der Waals surface area contributed by atoms with Gasteiger partial charge in [-0.1, -0.05) is 37.3 Å². The minimum absolute atomic E-state index is 0.112. The molecule has 0 amide bonds. The molecule has 0 heterocycles. The van der Waals surface area contributed by atoms with Crippen LogP contribution >= 0.6 is 0 Å². The smallest absolute Gasteiger partial charge is 0.0306 e. The fourth-order valence-corrected chi connectivity index (χ4v) is 3.55. The monoisotopic (exact) mass is 288 g/mol. The predicted molar refractivity (Wildman–Crippen MR) is 91.4 cm³/mol. The number of aryl methyl sites for hydroxylation is 1. The fraction of sp³-hybridized carbons (Fsp3) is 0.684. The van der Waals surface area contributed by atoms with E-state index in [0.29, 0.717) is 6.04 Å². The predicted octanol–water partition coefficient (Wildman–Crippen LogP) is 3.85. The fourth-order valence-electron chi connectivity index (χ4n) is 3.55. The summed E-state index contributed by atoms with van der Waals surface area (Å²) in [6, 6.07) is 11.5. The maximum atomic E-state index is 6.16. The third-order valence-corrected chi connectivity index (χ3v) is 5.62. The first-order valence-electron chi connectivity index (χ1n) is 8.52. The van der Waals surface area contributed by atoms with E-state index >= 15 is 0 Å². The molecule has 2 rings (SSSR count). The summed E-state index contributed by atoms with van der Waals surface area (Å²) in [5, 5.41) is 0. The van der Waals surface area contributed by atoms with Crippen molar-refractivity contribution in [2.24, 2.45) is 11.7 Å². The first-order chi connectivity index (χ1) is 10.0. The van der Waals surface area contributed by atoms with Crippen molar-refractivity contribution < 1.29 is 0 Å². The zero-order valence-corrected chi connectivity index (χ0v) is 14.0. The number of hydrogen-bond donors (Lipinski definition) is 1. The molecule has 118 valence electrons. The van der Waals surface area contributed by atoms with Crippen LogP contribution < -0.4 is 5.73 Å². The summed E-state index contributed by atoms with van der Waals surface area (Å²) < 4.78 is 0. The second-order valence-corrected chi connectivity index (χ2v) is 7.21. The molecule has 1 saturated carbocycles. The first kappa shape index (κ1) is 16.5. The molecule has 2 N–H and O–H groups in total. The number of rotatable bonds is 6. The second-order valence-electron chi connectivity index (χ2n) is 7.21. The molecule has 1 aliphatic rings. The lowest BCUT2D eigenvalue weighted by Gasteiger charge is -2.45. The topological polar surface area (TPSA) is 29.3 Å². The molecule has 2 nitrogen and oxygen atoms in total. The highest BCUT2D eigenvalue weighted by molar-refractivity contribution is 5.15. The van der Waals surface area contributed by atoms with E-state index in [4.69, 9.17) is 5.73 Å². The van der Waals surface area contributed by atoms with Gasteiger partial charge in [0.15, 0.2) is 0 Å². The molecule has 2 heteroatoms. The van der Waals surface area contributed by atoms with Gasteiger partial charge in [0, 0.05) is 18.1 Å². The molecule has 0 bridgehead atoms. The Balaban J connectivity index is 1.95. The lowest BCUT2D eigenvalue weighted by Crippen LogP contribution is -2.54. The van der Waals surface area contributed by atoms with Crippen molar-refractivity contribution in [2.75, 3.05) is 13.6 Å². The quantitative estimate of drug-likeness (QED) is 0.861. The van der Waals surface area contributed by atoms with Crippen molar-refractivity contribution in [3.05, 3.63) is 35.9 Å². The molecule has 1 atom stereocenters. The molecular weight excluding hydrogens is 256 g/mol. The molecule has 1 fully saturated rings. The molecule has 0 radical (unpaired) electrons. The van der Waals surface area contributed by atoms with E-state index < -0.39 is 0 Å². The lowest BCUT2D eigenvalue weighted by atomic mass is 9.83. The van der Waals surface area contributed by atoms with E-state index in [1.165, 1.54) is 31.2 Å². The van der Waals surface area contributed by atoms with Crippen molar-refractivity contribution in [3.8, 4) is 0 Å². The number of nitrogens with two attached hydrogens (primary N) is 1. The average Bonchev–Trinajstić information content (AvgIpc) is 2.53. The van der Waals surface area contributed by atoms with Gasteiger partial charge in [0.2, 0.25) is 0 Å². The number of benzene rings is 1. The lowest BCUT2D eigenvalue weighted by molar-refractivity contribution is 0.0566. The Morgan fingerprint density at radius 1 is 1.14 bits per heavy atom. The van der Waals surface area contributed by atoms with Gasteiger partial charge < -0.3 is 5.73 Å². The Bertz CT molecular complexity index is 409. The molecule has 0 spiro atoms. The van der Waals surface area contributed by atoms with E-state index in [-0.39, 0.29) is 5.54 Å². The highest BCUT2D eigenvalue weighted by Crippen LogP contribution is 2.31. The zero-order chi connectivity index (χ0) is 15.3. The molecule has 0 saturated heterocycles. The van der Waals surface area contributed by atoms with E-state index in [1.807, 2.05) is 0 Å². The van der Waals surface area contributed by atoms with Gasteiger partial charge in [-0.25, -0.2) is 0 Å². The number of hydrogen-bond acceptors (Lipinski definition) is 2. The molecule has 0 aliphatic heterocycles. The minimum atomic E-state index is 0.112. The van der Waals surface area contributed by atoms with Gasteiger partial charge in [0.25, 0.3) is 0 Å². The van der Waals surface area contributed by atoms with Crippen LogP contribution in [0.25, 0.3) is 0 Å². The average molecular weight is 288 g/mol. The van der Waals surface area contributed by atoms with Gasteiger partial charge in [-0.2, -0.15) is 0 Å². The number of likely N-dealkylation sites (N-methyl/N-ethyl adjacent to an activating group) is 1. The summed E-state index contributed by atoms with van der Waals surface area (Å²) in [7, 11) is 2.29. The van der Waals surface area contributed by atoms with Crippen LogP contribution in [0.3, 0.4) is 0 Å². The van der Waals surface area contributed by atoms with Gasteiger partial charge >= 0.3 is 0 Å². The van der Waals surface area contributed by atoms with Crippen LogP contribution in [-0.4, -0.2) is 30.1 Å². The van der Waals surface area contributed by atoms with Crippen LogP contribution in [0.4, 0.5) is 0 Å². The van der Waals surface area contributed by atoms with Crippen LogP contribution in [0.2, 0.25) is 0 Å². The zero-order valence-electron chi connectivity index (χ0n) is 14.0. The van der Waals surface area contributed by atoms with Gasteiger partial charge in [-0.15, -0.1) is 0 Å². The Kier molecular flexibility index (Phi) is 5.83. The summed E-state index contributed by atoms with van der Waals surface area (Å²) in [6.07, 6.45) is 7.65. The van der Waals surface area contributed by atoms with Gasteiger partial charge in [-0.05, 0) is 64.0 Å². The first-order valence-corrected chi connectivity index (χ1v) is 8.52. The minimum Gasteiger partial charge on any atom is -0.329 e. The summed E-state index contributed by atoms with van der Waals surface area (Å²) in [4.78, 5) is 2.59. The molecule has 1 aliphatic carbocycles. The molecule has 1 aromatic carbocycles. The summed E-state index contributed by atoms with van der Waals surface area (Å²) in [6.45, 7) is 5.46. The third kappa shape index (κ3) is 4.31. The van der Waals surface area contributed by atoms with Crippen molar-refractivity contribution in [1.29, 1.82) is 0 Å². The van der Waals surface area contributed by atoms with Crippen LogP contribution in [0.1, 0.15) is 51.5 Å². The molecular formula is C19H32N2. The third-order valence-electron chi connectivity index (χ3n) is 5.62. The Morgan fingerprint density at radius 3 is 2.33 bits per heavy atom. The highest BCUT2D eigenvalue weighted by atomic mass is 15.2. The molecule has 1 aromatic rings. The largest absolute Gasteiger partial charge is 0.329 e. The Morgan fingerprint density at radius 2 is 1.76 bits per heavy atom. The van der Waals surface area contributed by atoms with E-state index in [9.17, 15) is 0 Å². The van der Waals surface area contributed by atoms with E-state index in [1.54, 1.807) is 0 Å². The van der Waals surface area contributed by atoms with Crippen LogP contribution in [0, 0.1) is 5.92 Å². The van der Waals surface area contributed by atoms with Crippen molar-refractivity contribution >= 4 is 0 Å². The van der Waals surface area contributed by atoms with Crippen LogP contribution in [0.15, 0.2) is 30.3 Å². The Labute approximate surface area is 130 Å². The molecule has 21 heavy (non-hydrogen) atoms. The van der Waals surface area contributed by atoms with Gasteiger partial charge in [0.05, 0.1) is 0 Å². The van der Waals surface area contributed by atoms with Crippen LogP contribution in [-0.2, 0) is 6.42 Å². The highest BCUT2D eigenvalue weighted by Gasteiger charge is 2.33. The van der Waals surface area contributed by atoms with Crippen molar-refractivity contribution in [3.63, 3.8) is 0 Å². The Hall–Kier alpha value is -0.860. The standard InChI is InChI=1S/C19H32N2/c1-16-9-11-18(12-10-16)21(3)19(2,15-20)14-13-17-7-5-4-6-8-17/h4-8,16,18H,9-15,20H2,1-3H3. The van der Waals surface area contributed by atoms with Crippen molar-refractivity contribution in [1.82, 2.24) is 4.90 Å². The van der Waals surface area contributed by atoms with Crippen molar-refractivity contribution in [2.45, 2.75) is 64.0 Å². The maximum absolute atomic E-state index is 6.16. The van der Waals surface area contributed by atoms with Gasteiger partial charge in [-0.3, -0.25) is 4.90 Å². The van der Waals surface area contributed by atoms with E-state index in [0.717, 1.165) is 25.3 Å². The normalized spacial score (nSPS) is 25.8. The molecule has 0 aromatic heterocycles. The van der Waals surface area contributed by atoms with Gasteiger partial charge in [0.1, 0.15) is 0 Å².